The van der Waals surface area contributed by atoms with Gasteiger partial charge < -0.3 is 15.5 Å². The summed E-state index contributed by atoms with van der Waals surface area (Å²) in [6.45, 7) is 4.49. The lowest BCUT2D eigenvalue weighted by atomic mass is 10.0. The molecule has 1 atom stereocenters. The zero-order valence-corrected chi connectivity index (χ0v) is 18.1. The van der Waals surface area contributed by atoms with Crippen LogP contribution in [0.1, 0.15) is 36.9 Å². The summed E-state index contributed by atoms with van der Waals surface area (Å²) < 4.78 is 0. The second kappa shape index (κ2) is 10.3. The van der Waals surface area contributed by atoms with Gasteiger partial charge in [-0.1, -0.05) is 31.2 Å². The number of nitrogens with one attached hydrogen (secondary N) is 2. The molecule has 2 N–H and O–H groups in total. The Hall–Kier alpha value is -2.86. The highest BCUT2D eigenvalue weighted by Crippen LogP contribution is 2.26. The fourth-order valence-electron chi connectivity index (χ4n) is 3.79. The average Bonchev–Trinajstić information content (AvgIpc) is 3.29. The summed E-state index contributed by atoms with van der Waals surface area (Å²) in [6, 6.07) is 16.0. The number of carbonyl (C=O) groups is 2. The van der Waals surface area contributed by atoms with Gasteiger partial charge in [0, 0.05) is 32.0 Å². The van der Waals surface area contributed by atoms with E-state index in [9.17, 15) is 9.59 Å². The predicted octanol–water partition coefficient (Wildman–Crippen LogP) is 3.21. The minimum atomic E-state index is -0.637. The molecule has 0 saturated carbocycles. The average molecular weight is 409 g/mol. The third kappa shape index (κ3) is 5.60. The minimum absolute atomic E-state index is 0.0595. The highest BCUT2D eigenvalue weighted by Gasteiger charge is 2.25. The molecule has 0 spiro atoms. The molecule has 1 fully saturated rings. The molecule has 2 aromatic rings. The monoisotopic (exact) mass is 408 g/mol. The van der Waals surface area contributed by atoms with Crippen molar-refractivity contribution in [3.63, 3.8) is 0 Å². The molecule has 6 heteroatoms. The van der Waals surface area contributed by atoms with Crippen molar-refractivity contribution in [2.45, 2.75) is 32.2 Å². The van der Waals surface area contributed by atoms with E-state index in [0.717, 1.165) is 43.6 Å². The largest absolute Gasteiger partial charge is 0.378 e. The summed E-state index contributed by atoms with van der Waals surface area (Å²) in [4.78, 5) is 29.2. The van der Waals surface area contributed by atoms with Crippen LogP contribution in [-0.2, 0) is 16.0 Å². The molecule has 1 aliphatic heterocycles. The van der Waals surface area contributed by atoms with Crippen LogP contribution >= 0.6 is 0 Å². The maximum atomic E-state index is 12.4. The Morgan fingerprint density at radius 1 is 0.967 bits per heavy atom. The van der Waals surface area contributed by atoms with E-state index in [1.165, 1.54) is 5.56 Å². The maximum Gasteiger partial charge on any atom is 0.313 e. The van der Waals surface area contributed by atoms with E-state index in [4.69, 9.17) is 0 Å². The van der Waals surface area contributed by atoms with Crippen molar-refractivity contribution in [3.8, 4) is 0 Å². The van der Waals surface area contributed by atoms with Gasteiger partial charge in [0.2, 0.25) is 0 Å². The quantitative estimate of drug-likeness (QED) is 0.691. The van der Waals surface area contributed by atoms with Crippen LogP contribution < -0.4 is 15.5 Å². The highest BCUT2D eigenvalue weighted by atomic mass is 16.2. The fourth-order valence-corrected chi connectivity index (χ4v) is 3.79. The van der Waals surface area contributed by atoms with Crippen molar-refractivity contribution in [1.29, 1.82) is 0 Å². The number of anilines is 2. The first-order chi connectivity index (χ1) is 14.5. The predicted molar refractivity (Wildman–Crippen MR) is 122 cm³/mol. The second-order valence-corrected chi connectivity index (χ2v) is 7.96. The molecule has 2 aromatic carbocycles. The van der Waals surface area contributed by atoms with Gasteiger partial charge in [0.1, 0.15) is 0 Å². The Balaban J connectivity index is 1.62. The van der Waals surface area contributed by atoms with Gasteiger partial charge in [-0.25, -0.2) is 0 Å². The number of hydrogen-bond acceptors (Lipinski definition) is 4. The normalized spacial score (nSPS) is 14.9. The van der Waals surface area contributed by atoms with Crippen molar-refractivity contribution in [3.05, 3.63) is 59.7 Å². The van der Waals surface area contributed by atoms with Crippen LogP contribution in [0, 0.1) is 0 Å². The Morgan fingerprint density at radius 2 is 1.60 bits per heavy atom. The summed E-state index contributed by atoms with van der Waals surface area (Å²) in [7, 11) is 4.03. The van der Waals surface area contributed by atoms with Crippen molar-refractivity contribution in [2.75, 3.05) is 43.9 Å². The molecule has 0 radical (unpaired) electrons. The Bertz CT molecular complexity index is 841. The summed E-state index contributed by atoms with van der Waals surface area (Å²) in [5.41, 5.74) is 4.10. The zero-order valence-electron chi connectivity index (χ0n) is 18.1. The van der Waals surface area contributed by atoms with E-state index in [-0.39, 0.29) is 6.04 Å². The smallest absolute Gasteiger partial charge is 0.313 e. The van der Waals surface area contributed by atoms with Crippen LogP contribution in [0.2, 0.25) is 0 Å². The van der Waals surface area contributed by atoms with Crippen molar-refractivity contribution >= 4 is 23.2 Å². The van der Waals surface area contributed by atoms with E-state index in [1.807, 2.05) is 38.4 Å². The number of likely N-dealkylation sites (tertiary alicyclic amines) is 1. The van der Waals surface area contributed by atoms with Crippen LogP contribution in [0.3, 0.4) is 0 Å². The molecule has 0 aromatic heterocycles. The summed E-state index contributed by atoms with van der Waals surface area (Å²) in [6.07, 6.45) is 3.26. The van der Waals surface area contributed by atoms with Crippen LogP contribution in [0.4, 0.5) is 11.4 Å². The molecule has 0 aliphatic carbocycles. The summed E-state index contributed by atoms with van der Waals surface area (Å²) >= 11 is 0. The topological polar surface area (TPSA) is 64.7 Å². The van der Waals surface area contributed by atoms with Gasteiger partial charge in [-0.3, -0.25) is 14.5 Å². The lowest BCUT2D eigenvalue weighted by Crippen LogP contribution is -2.41. The van der Waals surface area contributed by atoms with Crippen LogP contribution in [-0.4, -0.2) is 50.4 Å². The number of hydrogen-bond donors (Lipinski definition) is 2. The van der Waals surface area contributed by atoms with Gasteiger partial charge in [-0.05, 0) is 67.7 Å². The Morgan fingerprint density at radius 3 is 2.17 bits per heavy atom. The highest BCUT2D eigenvalue weighted by molar-refractivity contribution is 6.39. The standard InChI is InChI=1S/C24H32N4O2/c1-4-18-7-11-20(12-8-18)26-24(30)23(29)25-17-22(28-15-5-6-16-28)19-9-13-21(14-10-19)27(2)3/h7-14,22H,4-6,15-17H2,1-3H3,(H,25,29)(H,26,30). The summed E-state index contributed by atoms with van der Waals surface area (Å²) in [5, 5.41) is 5.51. The van der Waals surface area contributed by atoms with Gasteiger partial charge in [0.25, 0.3) is 0 Å². The first-order valence-electron chi connectivity index (χ1n) is 10.7. The number of carbonyl (C=O) groups excluding carboxylic acids is 2. The van der Waals surface area contributed by atoms with E-state index >= 15 is 0 Å². The van der Waals surface area contributed by atoms with Gasteiger partial charge in [-0.15, -0.1) is 0 Å². The van der Waals surface area contributed by atoms with Gasteiger partial charge in [0.15, 0.2) is 0 Å². The Labute approximate surface area is 179 Å². The van der Waals surface area contributed by atoms with E-state index in [2.05, 4.69) is 51.6 Å². The molecule has 1 aliphatic rings. The first-order valence-corrected chi connectivity index (χ1v) is 10.7. The molecular weight excluding hydrogens is 376 g/mol. The first kappa shape index (κ1) is 21.8. The van der Waals surface area contributed by atoms with E-state index < -0.39 is 11.8 Å². The molecule has 2 amide bonds. The molecule has 1 saturated heterocycles. The van der Waals surface area contributed by atoms with Crippen LogP contribution in [0.5, 0.6) is 0 Å². The van der Waals surface area contributed by atoms with Gasteiger partial charge in [-0.2, -0.15) is 0 Å². The third-order valence-electron chi connectivity index (χ3n) is 5.66. The molecule has 1 unspecified atom stereocenters. The van der Waals surface area contributed by atoms with Gasteiger partial charge >= 0.3 is 11.8 Å². The van der Waals surface area contributed by atoms with Crippen molar-refractivity contribution in [1.82, 2.24) is 10.2 Å². The number of nitrogens with zero attached hydrogens (tertiary/aromatic N) is 2. The molecule has 160 valence electrons. The molecular formula is C24H32N4O2. The number of aryl methyl sites for hydroxylation is 1. The summed E-state index contributed by atoms with van der Waals surface area (Å²) in [5.74, 6) is -1.24. The molecule has 0 bridgehead atoms. The van der Waals surface area contributed by atoms with E-state index in [0.29, 0.717) is 12.2 Å². The second-order valence-electron chi connectivity index (χ2n) is 7.96. The zero-order chi connectivity index (χ0) is 21.5. The molecule has 6 nitrogen and oxygen atoms in total. The van der Waals surface area contributed by atoms with Crippen molar-refractivity contribution < 1.29 is 9.59 Å². The molecule has 1 heterocycles. The van der Waals surface area contributed by atoms with Crippen molar-refractivity contribution in [2.24, 2.45) is 0 Å². The van der Waals surface area contributed by atoms with Gasteiger partial charge in [0.05, 0.1) is 6.04 Å². The molecule has 30 heavy (non-hydrogen) atoms. The SMILES string of the molecule is CCc1ccc(NC(=O)C(=O)NCC(c2ccc(N(C)C)cc2)N2CCCC2)cc1. The lowest BCUT2D eigenvalue weighted by Gasteiger charge is -2.28. The van der Waals surface area contributed by atoms with Crippen LogP contribution in [0.25, 0.3) is 0 Å². The minimum Gasteiger partial charge on any atom is -0.378 e. The van der Waals surface area contributed by atoms with E-state index in [1.54, 1.807) is 0 Å². The lowest BCUT2D eigenvalue weighted by molar-refractivity contribution is -0.136. The third-order valence-corrected chi connectivity index (χ3v) is 5.66. The number of rotatable bonds is 7. The molecule has 3 rings (SSSR count). The van der Waals surface area contributed by atoms with Crippen LogP contribution in [0.15, 0.2) is 48.5 Å². The Kier molecular flexibility index (Phi) is 7.46. The number of benzene rings is 2. The maximum absolute atomic E-state index is 12.4. The fraction of sp³-hybridized carbons (Fsp3) is 0.417. The number of amides is 2.